The minimum Gasteiger partial charge on any atom is -0.405 e. The number of anilines is 2. The predicted molar refractivity (Wildman–Crippen MR) is 158 cm³/mol. The van der Waals surface area contributed by atoms with Crippen LogP contribution in [0.2, 0.25) is 5.04 Å². The normalized spacial score (nSPS) is 21.5. The van der Waals surface area contributed by atoms with Gasteiger partial charge < -0.3 is 19.4 Å². The molecule has 206 valence electrons. The van der Waals surface area contributed by atoms with Crippen molar-refractivity contribution in [1.29, 1.82) is 0 Å². The lowest BCUT2D eigenvalue weighted by atomic mass is 10.0. The Morgan fingerprint density at radius 1 is 1.05 bits per heavy atom. The zero-order valence-electron chi connectivity index (χ0n) is 23.9. The zero-order valence-corrected chi connectivity index (χ0v) is 24.9. The number of nitrogens with zero attached hydrogens (tertiary/aromatic N) is 3. The Morgan fingerprint density at radius 2 is 1.67 bits per heavy atom. The van der Waals surface area contributed by atoms with Gasteiger partial charge in [0, 0.05) is 13.5 Å². The van der Waals surface area contributed by atoms with Crippen molar-refractivity contribution in [3.05, 3.63) is 72.2 Å². The van der Waals surface area contributed by atoms with E-state index in [4.69, 9.17) is 19.1 Å². The third kappa shape index (κ3) is 5.25. The van der Waals surface area contributed by atoms with Gasteiger partial charge in [0.25, 0.3) is 8.32 Å². The summed E-state index contributed by atoms with van der Waals surface area (Å²) in [6, 6.07) is 21.2. The second-order valence-electron chi connectivity index (χ2n) is 11.9. The summed E-state index contributed by atoms with van der Waals surface area (Å²) in [5, 5.41) is 5.45. The molecule has 5 rings (SSSR count). The summed E-state index contributed by atoms with van der Waals surface area (Å²) >= 11 is 0. The van der Waals surface area contributed by atoms with Crippen molar-refractivity contribution in [1.82, 2.24) is 9.97 Å². The largest absolute Gasteiger partial charge is 0.405 e. The van der Waals surface area contributed by atoms with E-state index in [-0.39, 0.29) is 23.1 Å². The first-order valence-electron chi connectivity index (χ1n) is 13.9. The molecule has 39 heavy (non-hydrogen) atoms. The van der Waals surface area contributed by atoms with Crippen molar-refractivity contribution in [3.63, 3.8) is 0 Å². The summed E-state index contributed by atoms with van der Waals surface area (Å²) in [5.74, 6) is 1.87. The van der Waals surface area contributed by atoms with E-state index >= 15 is 0 Å². The topological polar surface area (TPSA) is 76.6 Å². The summed E-state index contributed by atoms with van der Waals surface area (Å²) in [5.41, 5.74) is 1.51. The number of aromatic nitrogens is 2. The summed E-state index contributed by atoms with van der Waals surface area (Å²) < 4.78 is 13.4. The van der Waals surface area contributed by atoms with Gasteiger partial charge in [0.15, 0.2) is 5.82 Å². The van der Waals surface area contributed by atoms with E-state index in [0.717, 1.165) is 30.2 Å². The van der Waals surface area contributed by atoms with Gasteiger partial charge in [-0.15, -0.1) is 0 Å². The molecule has 3 heterocycles. The van der Waals surface area contributed by atoms with Crippen molar-refractivity contribution in [2.24, 2.45) is 5.92 Å². The van der Waals surface area contributed by atoms with Crippen LogP contribution in [0.15, 0.2) is 60.7 Å². The van der Waals surface area contributed by atoms with E-state index in [9.17, 15) is 4.79 Å². The standard InChI is InChI=1S/C31H40N4O3Si/c1-21-28-29(35(6)22(2)30(36)34-28)33-27(32-21)18-23-17-24(37-19-23)20-38-39(31(3,4)5,25-13-9-7-10-14-25)26-15-11-8-12-16-26/h7-16,22-24H,17-20H2,1-6H3,(H,34,36)/t22-,23+,24-/m0/s1. The van der Waals surface area contributed by atoms with Gasteiger partial charge in [-0.3, -0.25) is 4.79 Å². The first-order valence-corrected chi connectivity index (χ1v) is 15.8. The molecule has 1 N–H and O–H groups in total. The number of benzene rings is 2. The van der Waals surface area contributed by atoms with Gasteiger partial charge in [-0.25, -0.2) is 9.97 Å². The number of amides is 1. The number of aryl methyl sites for hydroxylation is 1. The number of rotatable bonds is 7. The number of fused-ring (bicyclic) bond motifs is 1. The molecule has 8 heteroatoms. The minimum absolute atomic E-state index is 0.0253. The van der Waals surface area contributed by atoms with Gasteiger partial charge >= 0.3 is 0 Å². The Labute approximate surface area is 233 Å². The van der Waals surface area contributed by atoms with Crippen LogP contribution in [-0.2, 0) is 20.4 Å². The number of hydrogen-bond acceptors (Lipinski definition) is 6. The molecule has 0 saturated carbocycles. The summed E-state index contributed by atoms with van der Waals surface area (Å²) in [6.45, 7) is 11.9. The SMILES string of the molecule is Cc1nc(C[C@@H]2CO[C@H](CO[Si](c3ccccc3)(c3ccccc3)C(C)(C)C)C2)nc2c1NC(=O)[C@H](C)N2C. The van der Waals surface area contributed by atoms with E-state index in [0.29, 0.717) is 24.8 Å². The average molecular weight is 545 g/mol. The molecule has 0 aliphatic carbocycles. The van der Waals surface area contributed by atoms with E-state index in [2.05, 4.69) is 86.8 Å². The van der Waals surface area contributed by atoms with Crippen LogP contribution in [0.1, 0.15) is 45.6 Å². The van der Waals surface area contributed by atoms with Gasteiger partial charge in [-0.05, 0) is 41.6 Å². The van der Waals surface area contributed by atoms with E-state index < -0.39 is 8.32 Å². The third-order valence-electron chi connectivity index (χ3n) is 8.20. The molecule has 1 amide bonds. The van der Waals surface area contributed by atoms with Gasteiger partial charge in [0.1, 0.15) is 17.6 Å². The first-order chi connectivity index (χ1) is 18.6. The summed E-state index contributed by atoms with van der Waals surface area (Å²) in [7, 11) is -0.689. The van der Waals surface area contributed by atoms with Crippen molar-refractivity contribution in [2.75, 3.05) is 30.5 Å². The average Bonchev–Trinajstić information content (AvgIpc) is 3.36. The van der Waals surface area contributed by atoms with Crippen molar-refractivity contribution in [3.8, 4) is 0 Å². The van der Waals surface area contributed by atoms with Gasteiger partial charge in [-0.2, -0.15) is 0 Å². The Kier molecular flexibility index (Phi) is 7.63. The lowest BCUT2D eigenvalue weighted by Crippen LogP contribution is -2.67. The highest BCUT2D eigenvalue weighted by Gasteiger charge is 2.50. The Morgan fingerprint density at radius 3 is 2.26 bits per heavy atom. The van der Waals surface area contributed by atoms with Crippen LogP contribution in [-0.4, -0.2) is 56.6 Å². The van der Waals surface area contributed by atoms with Crippen LogP contribution in [0, 0.1) is 12.8 Å². The molecular formula is C31H40N4O3Si. The third-order valence-corrected chi connectivity index (χ3v) is 13.2. The Balaban J connectivity index is 1.32. The second kappa shape index (κ2) is 10.8. The number of ether oxygens (including phenoxy) is 1. The van der Waals surface area contributed by atoms with Crippen molar-refractivity contribution in [2.45, 2.75) is 64.6 Å². The Bertz CT molecular complexity index is 1270. The van der Waals surface area contributed by atoms with Crippen LogP contribution in [0.25, 0.3) is 0 Å². The number of carbonyl (C=O) groups is 1. The van der Waals surface area contributed by atoms with Crippen LogP contribution in [0.4, 0.5) is 11.5 Å². The monoisotopic (exact) mass is 544 g/mol. The van der Waals surface area contributed by atoms with Crippen LogP contribution in [0.3, 0.4) is 0 Å². The molecular weight excluding hydrogens is 504 g/mol. The molecule has 2 aromatic carbocycles. The van der Waals surface area contributed by atoms with E-state index in [1.165, 1.54) is 10.4 Å². The highest BCUT2D eigenvalue weighted by atomic mass is 28.4. The molecule has 1 fully saturated rings. The predicted octanol–water partition coefficient (Wildman–Crippen LogP) is 4.09. The number of nitrogens with one attached hydrogen (secondary N) is 1. The lowest BCUT2D eigenvalue weighted by molar-refractivity contribution is -0.117. The molecule has 0 bridgehead atoms. The minimum atomic E-state index is -2.60. The molecule has 0 radical (unpaired) electrons. The lowest BCUT2D eigenvalue weighted by Gasteiger charge is -2.43. The van der Waals surface area contributed by atoms with Crippen LogP contribution < -0.4 is 20.6 Å². The van der Waals surface area contributed by atoms with Crippen molar-refractivity contribution >= 4 is 36.1 Å². The van der Waals surface area contributed by atoms with Gasteiger partial charge in [0.05, 0.1) is 25.0 Å². The molecule has 3 aromatic rings. The van der Waals surface area contributed by atoms with E-state index in [1.807, 2.05) is 25.8 Å². The Hall–Kier alpha value is -3.07. The molecule has 3 atom stereocenters. The van der Waals surface area contributed by atoms with E-state index in [1.54, 1.807) is 0 Å². The fourth-order valence-electron chi connectivity index (χ4n) is 5.97. The van der Waals surface area contributed by atoms with Crippen molar-refractivity contribution < 1.29 is 14.0 Å². The fraction of sp³-hybridized carbons (Fsp3) is 0.452. The first kappa shape index (κ1) is 27.5. The van der Waals surface area contributed by atoms with Gasteiger partial charge in [0.2, 0.25) is 5.91 Å². The highest BCUT2D eigenvalue weighted by molar-refractivity contribution is 6.99. The smallest absolute Gasteiger partial charge is 0.261 e. The molecule has 7 nitrogen and oxygen atoms in total. The maximum Gasteiger partial charge on any atom is 0.261 e. The summed E-state index contributed by atoms with van der Waals surface area (Å²) in [4.78, 5) is 23.8. The zero-order chi connectivity index (χ0) is 27.8. The summed E-state index contributed by atoms with van der Waals surface area (Å²) in [6.07, 6.45) is 1.66. The highest BCUT2D eigenvalue weighted by Crippen LogP contribution is 2.38. The second-order valence-corrected chi connectivity index (χ2v) is 16.2. The van der Waals surface area contributed by atoms with Crippen LogP contribution >= 0.6 is 0 Å². The number of hydrogen-bond donors (Lipinski definition) is 1. The number of carbonyl (C=O) groups excluding carboxylic acids is 1. The maximum atomic E-state index is 12.3. The van der Waals surface area contributed by atoms with Gasteiger partial charge in [-0.1, -0.05) is 81.4 Å². The molecule has 2 aliphatic rings. The quantitative estimate of drug-likeness (QED) is 0.452. The molecule has 0 unspecified atom stereocenters. The van der Waals surface area contributed by atoms with Crippen LogP contribution in [0.5, 0.6) is 0 Å². The number of likely N-dealkylation sites (N-methyl/N-ethyl adjacent to an activating group) is 1. The molecule has 1 aromatic heterocycles. The fourth-order valence-corrected chi connectivity index (χ4v) is 10.6. The maximum absolute atomic E-state index is 12.3. The molecule has 2 aliphatic heterocycles. The molecule has 1 saturated heterocycles. The molecule has 0 spiro atoms.